The van der Waals surface area contributed by atoms with Gasteiger partial charge in [-0.05, 0) is 0 Å². The third kappa shape index (κ3) is 3.02. The highest BCUT2D eigenvalue weighted by molar-refractivity contribution is 5.35. The fraction of sp³-hybridized carbons (Fsp3) is 0.375. The van der Waals surface area contributed by atoms with Crippen LogP contribution in [0.4, 0.5) is 22.0 Å². The first kappa shape index (κ1) is 12.6. The third-order valence-corrected chi connectivity index (χ3v) is 1.65. The van der Waals surface area contributed by atoms with Crippen molar-refractivity contribution in [1.29, 1.82) is 0 Å². The molecule has 0 saturated heterocycles. The van der Waals surface area contributed by atoms with Gasteiger partial charge in [0.1, 0.15) is 12.4 Å². The van der Waals surface area contributed by atoms with E-state index in [9.17, 15) is 22.0 Å². The number of halogens is 5. The Balaban J connectivity index is 3.20. The topological polar surface area (TPSA) is 42.4 Å². The number of alkyl halides is 4. The number of aromatic nitrogens is 1. The summed E-state index contributed by atoms with van der Waals surface area (Å²) in [5.74, 6) is -2.31. The van der Waals surface area contributed by atoms with Gasteiger partial charge in [0.25, 0.3) is 0 Å². The van der Waals surface area contributed by atoms with Gasteiger partial charge in [0.05, 0.1) is 12.3 Å². The summed E-state index contributed by atoms with van der Waals surface area (Å²) < 4.78 is 64.1. The van der Waals surface area contributed by atoms with Gasteiger partial charge < -0.3 is 9.84 Å². The zero-order valence-electron chi connectivity index (χ0n) is 7.68. The molecule has 1 N–H and O–H groups in total. The van der Waals surface area contributed by atoms with E-state index in [0.29, 0.717) is 6.07 Å². The monoisotopic (exact) mass is 243 g/mol. The van der Waals surface area contributed by atoms with Crippen LogP contribution in [0.2, 0.25) is 0 Å². The van der Waals surface area contributed by atoms with Gasteiger partial charge in [0, 0.05) is 11.6 Å². The second-order valence-electron chi connectivity index (χ2n) is 2.71. The molecule has 0 aliphatic heterocycles. The van der Waals surface area contributed by atoms with Gasteiger partial charge in [-0.25, -0.2) is 9.37 Å². The largest absolute Gasteiger partial charge is 0.573 e. The van der Waals surface area contributed by atoms with Crippen molar-refractivity contribution in [2.24, 2.45) is 0 Å². The number of rotatable bonds is 3. The van der Waals surface area contributed by atoms with Gasteiger partial charge in [-0.1, -0.05) is 0 Å². The maximum Gasteiger partial charge on any atom is 0.573 e. The lowest BCUT2D eigenvalue weighted by atomic mass is 10.2. The Morgan fingerprint density at radius 3 is 2.44 bits per heavy atom. The highest BCUT2D eigenvalue weighted by atomic mass is 19.4. The number of aliphatic hydroxyl groups excluding tert-OH is 1. The molecule has 8 heteroatoms. The van der Waals surface area contributed by atoms with Crippen LogP contribution in [0.3, 0.4) is 0 Å². The van der Waals surface area contributed by atoms with E-state index < -0.39 is 42.6 Å². The van der Waals surface area contributed by atoms with Crippen LogP contribution < -0.4 is 4.74 Å². The van der Waals surface area contributed by atoms with Crippen molar-refractivity contribution in [3.63, 3.8) is 0 Å². The van der Waals surface area contributed by atoms with Crippen LogP contribution in [-0.4, -0.2) is 16.5 Å². The molecule has 0 spiro atoms. The summed E-state index contributed by atoms with van der Waals surface area (Å²) in [7, 11) is 0. The summed E-state index contributed by atoms with van der Waals surface area (Å²) in [6, 6.07) is 0.332. The molecule has 90 valence electrons. The molecule has 0 aliphatic rings. The minimum Gasteiger partial charge on any atom is -0.405 e. The van der Waals surface area contributed by atoms with Crippen molar-refractivity contribution >= 4 is 0 Å². The van der Waals surface area contributed by atoms with Crippen molar-refractivity contribution in [3.05, 3.63) is 23.3 Å². The van der Waals surface area contributed by atoms with E-state index in [0.717, 1.165) is 0 Å². The van der Waals surface area contributed by atoms with Crippen molar-refractivity contribution in [3.8, 4) is 5.75 Å². The summed E-state index contributed by atoms with van der Waals surface area (Å²) in [6.07, 6.45) is -5.05. The lowest BCUT2D eigenvalue weighted by molar-refractivity contribution is -0.275. The molecule has 0 radical (unpaired) electrons. The molecule has 1 aromatic heterocycles. The molecule has 0 aliphatic carbocycles. The molecule has 3 nitrogen and oxygen atoms in total. The molecule has 0 amide bonds. The van der Waals surface area contributed by atoms with E-state index >= 15 is 0 Å². The van der Waals surface area contributed by atoms with Crippen molar-refractivity contribution < 1.29 is 31.8 Å². The number of aliphatic hydroxyl groups is 1. The van der Waals surface area contributed by atoms with Crippen LogP contribution in [0.5, 0.6) is 5.75 Å². The summed E-state index contributed by atoms with van der Waals surface area (Å²) in [5, 5.41) is 8.74. The van der Waals surface area contributed by atoms with Gasteiger partial charge in [-0.3, -0.25) is 0 Å². The molecule has 0 aromatic carbocycles. The normalized spacial score (nSPS) is 11.6. The number of ether oxygens (including phenoxy) is 1. The molecule has 0 fully saturated rings. The number of pyridine rings is 1. The van der Waals surface area contributed by atoms with E-state index in [2.05, 4.69) is 9.72 Å². The average Bonchev–Trinajstić information content (AvgIpc) is 2.14. The van der Waals surface area contributed by atoms with E-state index in [1.54, 1.807) is 0 Å². The maximum atomic E-state index is 12.7. The highest BCUT2D eigenvalue weighted by Gasteiger charge is 2.33. The second-order valence-corrected chi connectivity index (χ2v) is 2.71. The molecule has 0 atom stereocenters. The Hall–Kier alpha value is -1.44. The fourth-order valence-corrected chi connectivity index (χ4v) is 1.06. The van der Waals surface area contributed by atoms with Crippen LogP contribution in [0.1, 0.15) is 11.3 Å². The van der Waals surface area contributed by atoms with Gasteiger partial charge in [0.15, 0.2) is 0 Å². The standard InChI is InChI=1S/C8H6F5NO2/c9-2-5-4(3-15)6(1-7(10)14-5)16-8(11,12)13/h1,15H,2-3H2. The van der Waals surface area contributed by atoms with Crippen LogP contribution in [0.15, 0.2) is 6.07 Å². The molecule has 16 heavy (non-hydrogen) atoms. The third-order valence-electron chi connectivity index (χ3n) is 1.65. The highest BCUT2D eigenvalue weighted by Crippen LogP contribution is 2.28. The minimum absolute atomic E-state index is 0.332. The fourth-order valence-electron chi connectivity index (χ4n) is 1.06. The molecule has 0 bridgehead atoms. The van der Waals surface area contributed by atoms with E-state index in [1.807, 2.05) is 0 Å². The minimum atomic E-state index is -5.05. The Morgan fingerprint density at radius 1 is 1.38 bits per heavy atom. The molecule has 1 heterocycles. The van der Waals surface area contributed by atoms with Crippen LogP contribution in [-0.2, 0) is 13.3 Å². The smallest absolute Gasteiger partial charge is 0.405 e. The Morgan fingerprint density at radius 2 is 2.00 bits per heavy atom. The molecule has 1 aromatic rings. The molecule has 0 saturated carbocycles. The van der Waals surface area contributed by atoms with E-state index in [4.69, 9.17) is 5.11 Å². The predicted molar refractivity (Wildman–Crippen MR) is 41.6 cm³/mol. The summed E-state index contributed by atoms with van der Waals surface area (Å²) in [5.41, 5.74) is -1.15. The zero-order chi connectivity index (χ0) is 12.3. The van der Waals surface area contributed by atoms with Crippen molar-refractivity contribution in [2.75, 3.05) is 0 Å². The molecular weight excluding hydrogens is 237 g/mol. The lowest BCUT2D eigenvalue weighted by Crippen LogP contribution is -2.19. The van der Waals surface area contributed by atoms with Gasteiger partial charge >= 0.3 is 6.36 Å². The SMILES string of the molecule is OCc1c(OC(F)(F)F)cc(F)nc1CF. The van der Waals surface area contributed by atoms with Gasteiger partial charge in [-0.2, -0.15) is 4.39 Å². The number of hydrogen-bond acceptors (Lipinski definition) is 3. The number of hydrogen-bond donors (Lipinski definition) is 1. The summed E-state index contributed by atoms with van der Waals surface area (Å²) >= 11 is 0. The Labute approximate surface area is 86.5 Å². The van der Waals surface area contributed by atoms with E-state index in [-0.39, 0.29) is 0 Å². The quantitative estimate of drug-likeness (QED) is 0.652. The van der Waals surface area contributed by atoms with Crippen LogP contribution in [0, 0.1) is 5.95 Å². The van der Waals surface area contributed by atoms with Gasteiger partial charge in [0.2, 0.25) is 5.95 Å². The summed E-state index contributed by atoms with van der Waals surface area (Å²) in [6.45, 7) is -2.24. The van der Waals surface area contributed by atoms with Crippen molar-refractivity contribution in [1.82, 2.24) is 4.98 Å². The molecular formula is C8H6F5NO2. The maximum absolute atomic E-state index is 12.7. The second kappa shape index (κ2) is 4.60. The molecule has 1 rings (SSSR count). The lowest BCUT2D eigenvalue weighted by Gasteiger charge is -2.13. The first-order chi connectivity index (χ1) is 7.37. The predicted octanol–water partition coefficient (Wildman–Crippen LogP) is 2.08. The number of nitrogens with zero attached hydrogens (tertiary/aromatic N) is 1. The van der Waals surface area contributed by atoms with Crippen LogP contribution >= 0.6 is 0 Å². The van der Waals surface area contributed by atoms with E-state index in [1.165, 1.54) is 0 Å². The Kier molecular flexibility index (Phi) is 3.63. The van der Waals surface area contributed by atoms with Gasteiger partial charge in [-0.15, -0.1) is 13.2 Å². The first-order valence-corrected chi connectivity index (χ1v) is 3.98. The van der Waals surface area contributed by atoms with Crippen LogP contribution in [0.25, 0.3) is 0 Å². The Bertz CT molecular complexity index is 379. The summed E-state index contributed by atoms with van der Waals surface area (Å²) in [4.78, 5) is 3.00. The molecule has 0 unspecified atom stereocenters. The zero-order valence-corrected chi connectivity index (χ0v) is 7.68. The van der Waals surface area contributed by atoms with Crippen molar-refractivity contribution in [2.45, 2.75) is 19.6 Å². The average molecular weight is 243 g/mol. The first-order valence-electron chi connectivity index (χ1n) is 3.98.